The summed E-state index contributed by atoms with van der Waals surface area (Å²) in [6, 6.07) is 9.21. The van der Waals surface area contributed by atoms with Crippen LogP contribution in [-0.2, 0) is 16.3 Å². The third-order valence-electron chi connectivity index (χ3n) is 4.16. The van der Waals surface area contributed by atoms with Crippen molar-refractivity contribution in [2.45, 2.75) is 45.6 Å². The van der Waals surface area contributed by atoms with Crippen LogP contribution in [0.3, 0.4) is 0 Å². The van der Waals surface area contributed by atoms with E-state index in [-0.39, 0.29) is 5.75 Å². The van der Waals surface area contributed by atoms with Gasteiger partial charge in [-0.2, -0.15) is 0 Å². The van der Waals surface area contributed by atoms with Gasteiger partial charge in [0.05, 0.1) is 5.75 Å². The summed E-state index contributed by atoms with van der Waals surface area (Å²) < 4.78 is 23.5. The van der Waals surface area contributed by atoms with E-state index in [0.717, 1.165) is 19.4 Å². The zero-order chi connectivity index (χ0) is 15.3. The number of benzene rings is 1. The Kier molecular flexibility index (Phi) is 5.82. The quantitative estimate of drug-likeness (QED) is 0.763. The number of hydrogen-bond donors (Lipinski definition) is 1. The van der Waals surface area contributed by atoms with Crippen molar-refractivity contribution in [1.82, 2.24) is 5.32 Å². The second kappa shape index (κ2) is 7.41. The number of aryl methyl sites for hydroxylation is 1. The van der Waals surface area contributed by atoms with Crippen LogP contribution in [0.15, 0.2) is 24.3 Å². The van der Waals surface area contributed by atoms with Gasteiger partial charge in [0.1, 0.15) is 9.84 Å². The van der Waals surface area contributed by atoms with E-state index in [4.69, 9.17) is 0 Å². The van der Waals surface area contributed by atoms with Gasteiger partial charge in [-0.3, -0.25) is 0 Å². The molecule has 1 unspecified atom stereocenters. The number of sulfone groups is 1. The molecule has 2 rings (SSSR count). The van der Waals surface area contributed by atoms with Gasteiger partial charge in [0.2, 0.25) is 0 Å². The van der Waals surface area contributed by atoms with Gasteiger partial charge in [-0.25, -0.2) is 8.42 Å². The second-order valence-electron chi connectivity index (χ2n) is 6.27. The Morgan fingerprint density at radius 2 is 2.10 bits per heavy atom. The lowest BCUT2D eigenvalue weighted by Crippen LogP contribution is -2.28. The molecule has 1 atom stereocenters. The first-order valence-corrected chi connectivity index (χ1v) is 9.80. The van der Waals surface area contributed by atoms with E-state index in [1.165, 1.54) is 24.0 Å². The fourth-order valence-electron chi connectivity index (χ4n) is 2.56. The Morgan fingerprint density at radius 1 is 1.33 bits per heavy atom. The minimum atomic E-state index is -2.87. The summed E-state index contributed by atoms with van der Waals surface area (Å²) in [5.74, 6) is 0.959. The van der Waals surface area contributed by atoms with Crippen LogP contribution in [-0.4, -0.2) is 32.5 Å². The molecule has 0 spiro atoms. The SMILES string of the molecule is CCS(=O)(=O)CCC(CNC1CC1)Cc1cccc(C)c1. The molecule has 0 radical (unpaired) electrons. The zero-order valence-electron chi connectivity index (χ0n) is 13.1. The lowest BCUT2D eigenvalue weighted by atomic mass is 9.96. The molecule has 1 aromatic carbocycles. The molecule has 21 heavy (non-hydrogen) atoms. The number of rotatable bonds is 9. The molecule has 118 valence electrons. The average Bonchev–Trinajstić information content (AvgIpc) is 3.26. The van der Waals surface area contributed by atoms with E-state index in [1.807, 2.05) is 0 Å². The second-order valence-corrected chi connectivity index (χ2v) is 8.74. The molecule has 4 heteroatoms. The first kappa shape index (κ1) is 16.5. The first-order chi connectivity index (χ1) is 9.98. The molecule has 0 amide bonds. The highest BCUT2D eigenvalue weighted by Gasteiger charge is 2.22. The van der Waals surface area contributed by atoms with Crippen LogP contribution >= 0.6 is 0 Å². The van der Waals surface area contributed by atoms with E-state index in [1.54, 1.807) is 6.92 Å². The molecule has 1 aromatic rings. The molecule has 0 aromatic heterocycles. The molecule has 1 aliphatic rings. The van der Waals surface area contributed by atoms with E-state index in [9.17, 15) is 8.42 Å². The molecule has 1 fully saturated rings. The van der Waals surface area contributed by atoms with Crippen LogP contribution in [0.5, 0.6) is 0 Å². The smallest absolute Gasteiger partial charge is 0.150 e. The summed E-state index contributed by atoms with van der Waals surface area (Å²) in [6.07, 6.45) is 4.25. The average molecular weight is 309 g/mol. The molecule has 1 N–H and O–H groups in total. The van der Waals surface area contributed by atoms with Crippen LogP contribution in [0.4, 0.5) is 0 Å². The molecule has 1 saturated carbocycles. The lowest BCUT2D eigenvalue weighted by molar-refractivity contribution is 0.457. The molecule has 0 aliphatic heterocycles. The Labute approximate surface area is 129 Å². The summed E-state index contributed by atoms with van der Waals surface area (Å²) in [4.78, 5) is 0. The molecule has 0 bridgehead atoms. The lowest BCUT2D eigenvalue weighted by Gasteiger charge is -2.18. The molecule has 0 saturated heterocycles. The van der Waals surface area contributed by atoms with Gasteiger partial charge in [-0.1, -0.05) is 36.8 Å². The Hall–Kier alpha value is -0.870. The van der Waals surface area contributed by atoms with Crippen molar-refractivity contribution in [3.63, 3.8) is 0 Å². The van der Waals surface area contributed by atoms with Gasteiger partial charge in [0, 0.05) is 11.8 Å². The Morgan fingerprint density at radius 3 is 2.71 bits per heavy atom. The van der Waals surface area contributed by atoms with Crippen LogP contribution in [0.25, 0.3) is 0 Å². The molecule has 1 aliphatic carbocycles. The van der Waals surface area contributed by atoms with Gasteiger partial charge in [0.15, 0.2) is 0 Å². The standard InChI is InChI=1S/C17H27NO2S/c1-3-21(19,20)10-9-16(13-18-17-7-8-17)12-15-6-4-5-14(2)11-15/h4-6,11,16-18H,3,7-10,12-13H2,1-2H3. The van der Waals surface area contributed by atoms with Gasteiger partial charge in [-0.05, 0) is 50.6 Å². The highest BCUT2D eigenvalue weighted by atomic mass is 32.2. The highest BCUT2D eigenvalue weighted by Crippen LogP contribution is 2.21. The minimum Gasteiger partial charge on any atom is -0.314 e. The van der Waals surface area contributed by atoms with E-state index < -0.39 is 9.84 Å². The topological polar surface area (TPSA) is 46.2 Å². The van der Waals surface area contributed by atoms with Crippen molar-refractivity contribution in [3.05, 3.63) is 35.4 Å². The summed E-state index contributed by atoms with van der Waals surface area (Å²) in [7, 11) is -2.87. The van der Waals surface area contributed by atoms with E-state index in [2.05, 4.69) is 36.5 Å². The highest BCUT2D eigenvalue weighted by molar-refractivity contribution is 7.91. The van der Waals surface area contributed by atoms with Crippen molar-refractivity contribution in [2.75, 3.05) is 18.1 Å². The van der Waals surface area contributed by atoms with Crippen molar-refractivity contribution in [3.8, 4) is 0 Å². The normalized spacial score (nSPS) is 16.9. The van der Waals surface area contributed by atoms with Gasteiger partial charge in [0.25, 0.3) is 0 Å². The van der Waals surface area contributed by atoms with Crippen LogP contribution in [0.1, 0.15) is 37.3 Å². The fourth-order valence-corrected chi connectivity index (χ4v) is 3.54. The van der Waals surface area contributed by atoms with Crippen molar-refractivity contribution in [2.24, 2.45) is 5.92 Å². The molecular formula is C17H27NO2S. The molecular weight excluding hydrogens is 282 g/mol. The Balaban J connectivity index is 1.93. The van der Waals surface area contributed by atoms with E-state index >= 15 is 0 Å². The van der Waals surface area contributed by atoms with Crippen molar-refractivity contribution >= 4 is 9.84 Å². The van der Waals surface area contributed by atoms with Gasteiger partial charge < -0.3 is 5.32 Å². The summed E-state index contributed by atoms with van der Waals surface area (Å²) in [6.45, 7) is 4.76. The first-order valence-electron chi connectivity index (χ1n) is 7.98. The molecule has 0 heterocycles. The molecule has 3 nitrogen and oxygen atoms in total. The van der Waals surface area contributed by atoms with Crippen molar-refractivity contribution in [1.29, 1.82) is 0 Å². The number of hydrogen-bond acceptors (Lipinski definition) is 3. The third kappa shape index (κ3) is 6.18. The maximum absolute atomic E-state index is 11.7. The van der Waals surface area contributed by atoms with Gasteiger partial charge >= 0.3 is 0 Å². The fraction of sp³-hybridized carbons (Fsp3) is 0.647. The maximum Gasteiger partial charge on any atom is 0.150 e. The largest absolute Gasteiger partial charge is 0.314 e. The van der Waals surface area contributed by atoms with Crippen LogP contribution in [0, 0.1) is 12.8 Å². The zero-order valence-corrected chi connectivity index (χ0v) is 14.0. The predicted molar refractivity (Wildman–Crippen MR) is 88.3 cm³/mol. The third-order valence-corrected chi connectivity index (χ3v) is 5.89. The van der Waals surface area contributed by atoms with E-state index in [0.29, 0.717) is 17.7 Å². The predicted octanol–water partition coefficient (Wildman–Crippen LogP) is 2.73. The summed E-state index contributed by atoms with van der Waals surface area (Å²) in [5, 5.41) is 3.55. The monoisotopic (exact) mass is 309 g/mol. The summed E-state index contributed by atoms with van der Waals surface area (Å²) >= 11 is 0. The maximum atomic E-state index is 11.7. The van der Waals surface area contributed by atoms with Gasteiger partial charge in [-0.15, -0.1) is 0 Å². The van der Waals surface area contributed by atoms with Crippen molar-refractivity contribution < 1.29 is 8.42 Å². The number of nitrogens with one attached hydrogen (secondary N) is 1. The summed E-state index contributed by atoms with van der Waals surface area (Å²) in [5.41, 5.74) is 2.58. The minimum absolute atomic E-state index is 0.250. The Bertz CT molecular complexity index is 550. The van der Waals surface area contributed by atoms with Crippen LogP contribution < -0.4 is 5.32 Å². The van der Waals surface area contributed by atoms with Crippen LogP contribution in [0.2, 0.25) is 0 Å².